The molecule has 116 valence electrons. The summed E-state index contributed by atoms with van der Waals surface area (Å²) in [4.78, 5) is 19.7. The molecule has 1 fully saturated rings. The van der Waals surface area contributed by atoms with Gasteiger partial charge in [0.1, 0.15) is 12.0 Å². The van der Waals surface area contributed by atoms with Crippen LogP contribution in [0, 0.1) is 0 Å². The van der Waals surface area contributed by atoms with E-state index < -0.39 is 0 Å². The lowest BCUT2D eigenvalue weighted by atomic mass is 10.3. The summed E-state index contributed by atoms with van der Waals surface area (Å²) in [6.45, 7) is 5.46. The minimum absolute atomic E-state index is 0.248. The third-order valence-corrected chi connectivity index (χ3v) is 3.24. The Labute approximate surface area is 123 Å². The first-order chi connectivity index (χ1) is 10.2. The van der Waals surface area contributed by atoms with Gasteiger partial charge in [-0.25, -0.2) is 4.79 Å². The van der Waals surface area contributed by atoms with Gasteiger partial charge in [-0.3, -0.25) is 4.99 Å². The predicted octanol–water partition coefficient (Wildman–Crippen LogP) is 0.524. The van der Waals surface area contributed by atoms with E-state index in [1.165, 1.54) is 6.26 Å². The molecule has 1 saturated heterocycles. The molecule has 0 atom stereocenters. The molecule has 0 aromatic carbocycles. The number of carbonyl (C=O) groups is 1. The molecule has 8 nitrogen and oxygen atoms in total. The molecule has 1 aliphatic rings. The second-order valence-electron chi connectivity index (χ2n) is 4.56. The largest absolute Gasteiger partial charge is 0.450 e. The van der Waals surface area contributed by atoms with E-state index in [1.807, 2.05) is 6.92 Å². The van der Waals surface area contributed by atoms with Gasteiger partial charge in [-0.15, -0.1) is 0 Å². The lowest BCUT2D eigenvalue weighted by Gasteiger charge is -2.35. The third-order valence-electron chi connectivity index (χ3n) is 3.24. The summed E-state index contributed by atoms with van der Waals surface area (Å²) >= 11 is 0. The molecular formula is C13H21N5O3. The van der Waals surface area contributed by atoms with Gasteiger partial charge in [-0.1, -0.05) is 5.16 Å². The van der Waals surface area contributed by atoms with E-state index in [0.717, 1.165) is 24.7 Å². The molecule has 0 bridgehead atoms. The highest BCUT2D eigenvalue weighted by molar-refractivity contribution is 5.80. The maximum atomic E-state index is 11.6. The Kier molecular flexibility index (Phi) is 5.42. The Balaban J connectivity index is 1.80. The van der Waals surface area contributed by atoms with Crippen molar-refractivity contribution in [2.24, 2.45) is 4.99 Å². The smallest absolute Gasteiger partial charge is 0.409 e. The van der Waals surface area contributed by atoms with Crippen molar-refractivity contribution in [3.63, 3.8) is 0 Å². The third kappa shape index (κ3) is 4.11. The lowest BCUT2D eigenvalue weighted by molar-refractivity contribution is 0.0914. The number of nitrogens with zero attached hydrogens (tertiary/aromatic N) is 4. The predicted molar refractivity (Wildman–Crippen MR) is 76.9 cm³/mol. The first-order valence-electron chi connectivity index (χ1n) is 7.01. The van der Waals surface area contributed by atoms with Gasteiger partial charge in [0, 0.05) is 39.3 Å². The van der Waals surface area contributed by atoms with Crippen LogP contribution in [0.2, 0.25) is 0 Å². The van der Waals surface area contributed by atoms with Gasteiger partial charge in [0.15, 0.2) is 5.96 Å². The molecule has 1 N–H and O–H groups in total. The summed E-state index contributed by atoms with van der Waals surface area (Å²) in [6, 6.07) is 1.80. The summed E-state index contributed by atoms with van der Waals surface area (Å²) in [5, 5.41) is 7.07. The molecular weight excluding hydrogens is 274 g/mol. The van der Waals surface area contributed by atoms with Crippen LogP contribution in [0.1, 0.15) is 12.6 Å². The van der Waals surface area contributed by atoms with Crippen molar-refractivity contribution >= 4 is 12.1 Å². The number of guanidine groups is 1. The van der Waals surface area contributed by atoms with Crippen molar-refractivity contribution < 1.29 is 14.1 Å². The first-order valence-corrected chi connectivity index (χ1v) is 7.01. The summed E-state index contributed by atoms with van der Waals surface area (Å²) in [5.41, 5.74) is 0.821. The average molecular weight is 295 g/mol. The van der Waals surface area contributed by atoms with Gasteiger partial charge in [0.05, 0.1) is 13.2 Å². The number of carbonyl (C=O) groups excluding carboxylic acids is 1. The van der Waals surface area contributed by atoms with Crippen LogP contribution in [0.3, 0.4) is 0 Å². The van der Waals surface area contributed by atoms with Crippen LogP contribution in [0.15, 0.2) is 21.8 Å². The van der Waals surface area contributed by atoms with Gasteiger partial charge in [-0.2, -0.15) is 0 Å². The van der Waals surface area contributed by atoms with Crippen LogP contribution in [0.4, 0.5) is 4.79 Å². The second-order valence-corrected chi connectivity index (χ2v) is 4.56. The van der Waals surface area contributed by atoms with E-state index >= 15 is 0 Å². The molecule has 1 aliphatic heterocycles. The van der Waals surface area contributed by atoms with Crippen molar-refractivity contribution in [1.29, 1.82) is 0 Å². The second kappa shape index (κ2) is 7.51. The topological polar surface area (TPSA) is 83.2 Å². The average Bonchev–Trinajstić information content (AvgIpc) is 3.02. The normalized spacial score (nSPS) is 16.0. The zero-order valence-electron chi connectivity index (χ0n) is 12.4. The van der Waals surface area contributed by atoms with E-state index in [-0.39, 0.29) is 6.09 Å². The van der Waals surface area contributed by atoms with Crippen LogP contribution >= 0.6 is 0 Å². The van der Waals surface area contributed by atoms with E-state index in [4.69, 9.17) is 9.26 Å². The molecule has 1 aromatic rings. The van der Waals surface area contributed by atoms with E-state index in [2.05, 4.69) is 20.4 Å². The lowest BCUT2D eigenvalue weighted by Crippen LogP contribution is -2.53. The molecule has 8 heteroatoms. The Bertz CT molecular complexity index is 466. The molecule has 0 saturated carbocycles. The minimum Gasteiger partial charge on any atom is -0.450 e. The van der Waals surface area contributed by atoms with Crippen LogP contribution in [-0.2, 0) is 11.3 Å². The van der Waals surface area contributed by atoms with Crippen molar-refractivity contribution in [3.8, 4) is 0 Å². The molecule has 0 radical (unpaired) electrons. The zero-order chi connectivity index (χ0) is 15.1. The highest BCUT2D eigenvalue weighted by Gasteiger charge is 2.23. The molecule has 0 unspecified atom stereocenters. The summed E-state index contributed by atoms with van der Waals surface area (Å²) in [6.07, 6.45) is 1.29. The number of hydrogen-bond donors (Lipinski definition) is 1. The first kappa shape index (κ1) is 15.1. The maximum absolute atomic E-state index is 11.6. The van der Waals surface area contributed by atoms with E-state index in [0.29, 0.717) is 26.2 Å². The van der Waals surface area contributed by atoms with E-state index in [1.54, 1.807) is 18.0 Å². The van der Waals surface area contributed by atoms with Gasteiger partial charge in [0.25, 0.3) is 0 Å². The van der Waals surface area contributed by atoms with Crippen molar-refractivity contribution in [2.75, 3.05) is 39.8 Å². The number of aromatic nitrogens is 1. The van der Waals surface area contributed by atoms with Crippen molar-refractivity contribution in [3.05, 3.63) is 18.0 Å². The van der Waals surface area contributed by atoms with Gasteiger partial charge in [0.2, 0.25) is 0 Å². The molecule has 0 aliphatic carbocycles. The fourth-order valence-corrected chi connectivity index (χ4v) is 2.15. The van der Waals surface area contributed by atoms with Crippen LogP contribution in [-0.4, -0.2) is 66.8 Å². The number of ether oxygens (including phenoxy) is 1. The Morgan fingerprint density at radius 1 is 1.43 bits per heavy atom. The number of hydrogen-bond acceptors (Lipinski definition) is 5. The molecule has 1 aromatic heterocycles. The SMILES string of the molecule is CCOC(=O)N1CCN(C(=NC)NCc2ccon2)CC1. The molecule has 2 heterocycles. The summed E-state index contributed by atoms with van der Waals surface area (Å²) < 4.78 is 9.79. The van der Waals surface area contributed by atoms with Gasteiger partial charge < -0.3 is 24.4 Å². The monoisotopic (exact) mass is 295 g/mol. The molecule has 21 heavy (non-hydrogen) atoms. The maximum Gasteiger partial charge on any atom is 0.409 e. The number of piperazine rings is 1. The zero-order valence-corrected chi connectivity index (χ0v) is 12.4. The van der Waals surface area contributed by atoms with Crippen molar-refractivity contribution in [2.45, 2.75) is 13.5 Å². The van der Waals surface area contributed by atoms with E-state index in [9.17, 15) is 4.79 Å². The minimum atomic E-state index is -0.248. The van der Waals surface area contributed by atoms with Crippen LogP contribution < -0.4 is 5.32 Å². The number of amides is 1. The molecule has 1 amide bonds. The summed E-state index contributed by atoms with van der Waals surface area (Å²) in [5.74, 6) is 0.793. The molecule has 2 rings (SSSR count). The number of rotatable bonds is 3. The fraction of sp³-hybridized carbons (Fsp3) is 0.615. The highest BCUT2D eigenvalue weighted by atomic mass is 16.6. The van der Waals surface area contributed by atoms with Crippen LogP contribution in [0.25, 0.3) is 0 Å². The van der Waals surface area contributed by atoms with Gasteiger partial charge >= 0.3 is 6.09 Å². The number of nitrogens with one attached hydrogen (secondary N) is 1. The standard InChI is InChI=1S/C13H21N5O3/c1-3-20-13(19)18-7-5-17(6-8-18)12(14-2)15-10-11-4-9-21-16-11/h4,9H,3,5-8,10H2,1-2H3,(H,14,15). The van der Waals surface area contributed by atoms with Crippen LogP contribution in [0.5, 0.6) is 0 Å². The Hall–Kier alpha value is -2.25. The fourth-order valence-electron chi connectivity index (χ4n) is 2.15. The summed E-state index contributed by atoms with van der Waals surface area (Å²) in [7, 11) is 1.74. The quantitative estimate of drug-likeness (QED) is 0.647. The Morgan fingerprint density at radius 3 is 2.71 bits per heavy atom. The van der Waals surface area contributed by atoms with Crippen molar-refractivity contribution in [1.82, 2.24) is 20.3 Å². The Morgan fingerprint density at radius 2 is 2.14 bits per heavy atom. The van der Waals surface area contributed by atoms with Gasteiger partial charge in [-0.05, 0) is 6.92 Å². The molecule has 0 spiro atoms. The highest BCUT2D eigenvalue weighted by Crippen LogP contribution is 2.05. The number of aliphatic imine (C=N–C) groups is 1.